The van der Waals surface area contributed by atoms with Gasteiger partial charge < -0.3 is 10.2 Å². The van der Waals surface area contributed by atoms with Crippen molar-refractivity contribution in [3.8, 4) is 0 Å². The highest BCUT2D eigenvalue weighted by atomic mass is 35.5. The maximum Gasteiger partial charge on any atom is 0.322 e. The molecule has 2 N–H and O–H groups in total. The van der Waals surface area contributed by atoms with Gasteiger partial charge in [0, 0.05) is 14.1 Å². The van der Waals surface area contributed by atoms with Gasteiger partial charge in [-0.3, -0.25) is 10.1 Å². The second-order valence-electron chi connectivity index (χ2n) is 4.73. The topological polar surface area (TPSA) is 92.2 Å². The second-order valence-corrected chi connectivity index (χ2v) is 5.52. The molecule has 1 heterocycles. The molecule has 0 fully saturated rings. The lowest BCUT2D eigenvalue weighted by molar-refractivity contribution is -0.117. The van der Waals surface area contributed by atoms with Crippen molar-refractivity contribution in [2.75, 3.05) is 24.7 Å². The van der Waals surface area contributed by atoms with Crippen molar-refractivity contribution in [1.82, 2.24) is 19.9 Å². The molecule has 0 radical (unpaired) electrons. The van der Waals surface area contributed by atoms with E-state index in [4.69, 9.17) is 23.2 Å². The van der Waals surface area contributed by atoms with Gasteiger partial charge in [-0.25, -0.2) is 4.79 Å². The van der Waals surface area contributed by atoms with Crippen LogP contribution in [0, 0.1) is 0 Å². The minimum atomic E-state index is -0.379. The zero-order valence-electron chi connectivity index (χ0n) is 12.4. The molecule has 0 spiro atoms. The van der Waals surface area contributed by atoms with Crippen molar-refractivity contribution in [1.29, 1.82) is 0 Å². The van der Waals surface area contributed by atoms with Crippen molar-refractivity contribution in [2.45, 2.75) is 6.54 Å². The first-order valence-electron chi connectivity index (χ1n) is 6.49. The lowest BCUT2D eigenvalue weighted by Crippen LogP contribution is -2.27. The Balaban J connectivity index is 1.97. The molecule has 2 rings (SSSR count). The number of halogens is 2. The van der Waals surface area contributed by atoms with Crippen molar-refractivity contribution < 1.29 is 9.59 Å². The zero-order chi connectivity index (χ0) is 17.0. The molecule has 122 valence electrons. The summed E-state index contributed by atoms with van der Waals surface area (Å²) in [4.78, 5) is 26.0. The standard InChI is InChI=1S/C13H14Cl2N6O2/c1-20(2)13(23)18-10-6-16-21(19-10)7-11(22)17-9-5-3-4-8(14)12(9)15/h3-6H,7H2,1-2H3,(H,17,22)(H,18,19,23). The Kier molecular flexibility index (Phi) is 5.41. The van der Waals surface area contributed by atoms with Crippen LogP contribution in [-0.2, 0) is 11.3 Å². The number of hydrogen-bond donors (Lipinski definition) is 2. The van der Waals surface area contributed by atoms with E-state index in [1.807, 2.05) is 0 Å². The zero-order valence-corrected chi connectivity index (χ0v) is 13.9. The first kappa shape index (κ1) is 17.0. The van der Waals surface area contributed by atoms with Crippen molar-refractivity contribution in [3.05, 3.63) is 34.4 Å². The van der Waals surface area contributed by atoms with E-state index in [1.165, 1.54) is 11.1 Å². The fourth-order valence-corrected chi connectivity index (χ4v) is 1.92. The molecule has 2 aromatic rings. The molecule has 0 unspecified atom stereocenters. The average Bonchev–Trinajstić information content (AvgIpc) is 2.90. The number of urea groups is 1. The smallest absolute Gasteiger partial charge is 0.322 e. The monoisotopic (exact) mass is 356 g/mol. The van der Waals surface area contributed by atoms with Gasteiger partial charge in [0.2, 0.25) is 5.91 Å². The number of nitrogens with one attached hydrogen (secondary N) is 2. The van der Waals surface area contributed by atoms with E-state index in [-0.39, 0.29) is 29.3 Å². The predicted octanol–water partition coefficient (Wildman–Crippen LogP) is 2.32. The van der Waals surface area contributed by atoms with Crippen LogP contribution in [0.3, 0.4) is 0 Å². The highest BCUT2D eigenvalue weighted by molar-refractivity contribution is 6.43. The Bertz CT molecular complexity index is 731. The maximum absolute atomic E-state index is 12.0. The van der Waals surface area contributed by atoms with Crippen LogP contribution >= 0.6 is 23.2 Å². The Morgan fingerprint density at radius 2 is 2.00 bits per heavy atom. The third kappa shape index (κ3) is 4.57. The lowest BCUT2D eigenvalue weighted by Gasteiger charge is -2.09. The van der Waals surface area contributed by atoms with E-state index >= 15 is 0 Å². The van der Waals surface area contributed by atoms with Gasteiger partial charge in [-0.2, -0.15) is 9.90 Å². The second kappa shape index (κ2) is 7.30. The minimum absolute atomic E-state index is 0.138. The molecule has 1 aromatic carbocycles. The summed E-state index contributed by atoms with van der Waals surface area (Å²) in [5.74, 6) is -0.132. The molecular formula is C13H14Cl2N6O2. The Labute approximate surface area is 142 Å². The Morgan fingerprint density at radius 1 is 1.26 bits per heavy atom. The summed E-state index contributed by atoms with van der Waals surface area (Å²) in [5.41, 5.74) is 0.400. The van der Waals surface area contributed by atoms with Gasteiger partial charge in [-0.1, -0.05) is 29.3 Å². The number of anilines is 2. The van der Waals surface area contributed by atoms with Crippen LogP contribution in [0.1, 0.15) is 0 Å². The van der Waals surface area contributed by atoms with E-state index in [1.54, 1.807) is 32.3 Å². The quantitative estimate of drug-likeness (QED) is 0.878. The SMILES string of the molecule is CN(C)C(=O)Nc1cnn(CC(=O)Nc2cccc(Cl)c2Cl)n1. The molecular weight excluding hydrogens is 343 g/mol. The van der Waals surface area contributed by atoms with Crippen molar-refractivity contribution >= 4 is 46.6 Å². The summed E-state index contributed by atoms with van der Waals surface area (Å²) in [6.07, 6.45) is 1.35. The summed E-state index contributed by atoms with van der Waals surface area (Å²) in [6, 6.07) is 4.58. The Hall–Kier alpha value is -2.32. The first-order chi connectivity index (χ1) is 10.9. The molecule has 0 saturated carbocycles. The summed E-state index contributed by atoms with van der Waals surface area (Å²) < 4.78 is 0. The molecule has 0 aliphatic carbocycles. The number of carbonyl (C=O) groups excluding carboxylic acids is 2. The average molecular weight is 357 g/mol. The maximum atomic E-state index is 12.0. The van der Waals surface area contributed by atoms with Gasteiger partial charge in [0.25, 0.3) is 0 Å². The molecule has 0 atom stereocenters. The number of hydrogen-bond acceptors (Lipinski definition) is 4. The number of amides is 3. The lowest BCUT2D eigenvalue weighted by atomic mass is 10.3. The largest absolute Gasteiger partial charge is 0.331 e. The van der Waals surface area contributed by atoms with E-state index in [0.29, 0.717) is 10.7 Å². The third-order valence-electron chi connectivity index (χ3n) is 2.69. The number of rotatable bonds is 4. The molecule has 0 bridgehead atoms. The number of aromatic nitrogens is 3. The van der Waals surface area contributed by atoms with Crippen molar-refractivity contribution in [2.24, 2.45) is 0 Å². The highest BCUT2D eigenvalue weighted by Crippen LogP contribution is 2.29. The summed E-state index contributed by atoms with van der Waals surface area (Å²) in [5, 5.41) is 13.6. The van der Waals surface area contributed by atoms with Gasteiger partial charge in [0.1, 0.15) is 6.54 Å². The predicted molar refractivity (Wildman–Crippen MR) is 87.8 cm³/mol. The number of nitrogens with zero attached hydrogens (tertiary/aromatic N) is 4. The fourth-order valence-electron chi connectivity index (χ4n) is 1.57. The molecule has 1 aromatic heterocycles. The summed E-state index contributed by atoms with van der Waals surface area (Å²) in [6.45, 7) is -0.138. The van der Waals surface area contributed by atoms with E-state index in [9.17, 15) is 9.59 Å². The van der Waals surface area contributed by atoms with Gasteiger partial charge >= 0.3 is 6.03 Å². The van der Waals surface area contributed by atoms with E-state index in [2.05, 4.69) is 20.8 Å². The van der Waals surface area contributed by atoms with Crippen LogP contribution in [0.4, 0.5) is 16.3 Å². The molecule has 0 aliphatic rings. The van der Waals surface area contributed by atoms with Gasteiger partial charge in [0.05, 0.1) is 21.9 Å². The Morgan fingerprint density at radius 3 is 2.70 bits per heavy atom. The van der Waals surface area contributed by atoms with Crippen LogP contribution in [0.15, 0.2) is 24.4 Å². The molecule has 0 aliphatic heterocycles. The van der Waals surface area contributed by atoms with E-state index < -0.39 is 0 Å². The fraction of sp³-hybridized carbons (Fsp3) is 0.231. The number of benzene rings is 1. The third-order valence-corrected chi connectivity index (χ3v) is 3.51. The normalized spacial score (nSPS) is 10.3. The van der Waals surface area contributed by atoms with Gasteiger partial charge in [-0.05, 0) is 12.1 Å². The summed E-state index contributed by atoms with van der Waals surface area (Å²) in [7, 11) is 3.20. The number of carbonyl (C=O) groups is 2. The van der Waals surface area contributed by atoms with Crippen LogP contribution in [0.25, 0.3) is 0 Å². The van der Waals surface area contributed by atoms with E-state index in [0.717, 1.165) is 4.80 Å². The molecule has 23 heavy (non-hydrogen) atoms. The molecule has 10 heteroatoms. The molecule has 8 nitrogen and oxygen atoms in total. The molecule has 0 saturated heterocycles. The van der Waals surface area contributed by atoms with Crippen LogP contribution < -0.4 is 10.6 Å². The van der Waals surface area contributed by atoms with Crippen LogP contribution in [0.5, 0.6) is 0 Å². The van der Waals surface area contributed by atoms with Crippen LogP contribution in [0.2, 0.25) is 10.0 Å². The van der Waals surface area contributed by atoms with Gasteiger partial charge in [0.15, 0.2) is 5.82 Å². The van der Waals surface area contributed by atoms with Crippen molar-refractivity contribution in [3.63, 3.8) is 0 Å². The highest BCUT2D eigenvalue weighted by Gasteiger charge is 2.12. The van der Waals surface area contributed by atoms with Crippen LogP contribution in [-0.4, -0.2) is 45.9 Å². The first-order valence-corrected chi connectivity index (χ1v) is 7.24. The molecule has 3 amide bonds. The van der Waals surface area contributed by atoms with Gasteiger partial charge in [-0.15, -0.1) is 5.10 Å². The minimum Gasteiger partial charge on any atom is -0.331 e. The summed E-state index contributed by atoms with van der Waals surface area (Å²) >= 11 is 11.9.